The van der Waals surface area contributed by atoms with Crippen LogP contribution in [0.15, 0.2) is 0 Å². The van der Waals surface area contributed by atoms with Crippen molar-refractivity contribution in [3.63, 3.8) is 0 Å². The molecule has 0 spiro atoms. The van der Waals surface area contributed by atoms with Crippen molar-refractivity contribution in [1.29, 1.82) is 0 Å². The molecule has 1 saturated carbocycles. The number of nitrogens with zero attached hydrogens (tertiary/aromatic N) is 1. The fourth-order valence-corrected chi connectivity index (χ4v) is 3.94. The van der Waals surface area contributed by atoms with Crippen molar-refractivity contribution in [2.45, 2.75) is 77.3 Å². The molecule has 0 unspecified atom stereocenters. The Kier molecular flexibility index (Phi) is 5.97. The molecule has 2 aliphatic rings. The van der Waals surface area contributed by atoms with E-state index in [4.69, 9.17) is 0 Å². The summed E-state index contributed by atoms with van der Waals surface area (Å²) < 4.78 is 0. The van der Waals surface area contributed by atoms with Gasteiger partial charge >= 0.3 is 0 Å². The van der Waals surface area contributed by atoms with E-state index < -0.39 is 0 Å². The highest BCUT2D eigenvalue weighted by Crippen LogP contribution is 2.31. The first-order valence-electron chi connectivity index (χ1n) is 8.31. The van der Waals surface area contributed by atoms with Gasteiger partial charge in [-0.2, -0.15) is 0 Å². The molecule has 0 amide bonds. The minimum atomic E-state index is 0.870. The van der Waals surface area contributed by atoms with Crippen LogP contribution in [-0.2, 0) is 0 Å². The lowest BCUT2D eigenvalue weighted by molar-refractivity contribution is 0.0734. The lowest BCUT2D eigenvalue weighted by Gasteiger charge is -2.43. The fourth-order valence-electron chi connectivity index (χ4n) is 3.94. The fraction of sp³-hybridized carbons (Fsp3) is 1.00. The van der Waals surface area contributed by atoms with Crippen LogP contribution < -0.4 is 5.32 Å². The molecule has 2 rings (SSSR count). The highest BCUT2D eigenvalue weighted by molar-refractivity contribution is 4.86. The van der Waals surface area contributed by atoms with Crippen molar-refractivity contribution in [3.05, 3.63) is 0 Å². The third-order valence-corrected chi connectivity index (χ3v) is 5.12. The van der Waals surface area contributed by atoms with Gasteiger partial charge in [-0.3, -0.25) is 4.90 Å². The molecule has 1 aliphatic heterocycles. The zero-order valence-corrected chi connectivity index (χ0v) is 12.5. The largest absolute Gasteiger partial charge is 0.317 e. The van der Waals surface area contributed by atoms with Crippen molar-refractivity contribution < 1.29 is 0 Å². The standard InChI is InChI=1S/C16H32N2/c1-3-13-18(16-9-11-17-12-10-16)15-7-5-14(4-2)6-8-15/h14-17H,3-13H2,1-2H3. The molecule has 2 heteroatoms. The number of piperidine rings is 1. The molecule has 0 radical (unpaired) electrons. The van der Waals surface area contributed by atoms with Gasteiger partial charge in [0.05, 0.1) is 0 Å². The van der Waals surface area contributed by atoms with Gasteiger partial charge in [-0.05, 0) is 70.5 Å². The summed E-state index contributed by atoms with van der Waals surface area (Å²) in [7, 11) is 0. The third kappa shape index (κ3) is 3.71. The smallest absolute Gasteiger partial charge is 0.0122 e. The van der Waals surface area contributed by atoms with Gasteiger partial charge in [-0.15, -0.1) is 0 Å². The Balaban J connectivity index is 1.88. The van der Waals surface area contributed by atoms with Crippen LogP contribution in [0.3, 0.4) is 0 Å². The summed E-state index contributed by atoms with van der Waals surface area (Å²) in [5, 5.41) is 3.50. The second-order valence-electron chi connectivity index (χ2n) is 6.30. The minimum Gasteiger partial charge on any atom is -0.317 e. The number of hydrogen-bond donors (Lipinski definition) is 1. The van der Waals surface area contributed by atoms with E-state index in [0.29, 0.717) is 0 Å². The topological polar surface area (TPSA) is 15.3 Å². The van der Waals surface area contributed by atoms with Crippen LogP contribution in [0.2, 0.25) is 0 Å². The van der Waals surface area contributed by atoms with Crippen molar-refractivity contribution in [1.82, 2.24) is 10.2 Å². The van der Waals surface area contributed by atoms with E-state index in [0.717, 1.165) is 18.0 Å². The van der Waals surface area contributed by atoms with E-state index in [9.17, 15) is 0 Å². The van der Waals surface area contributed by atoms with Crippen LogP contribution in [0.25, 0.3) is 0 Å². The Bertz CT molecular complexity index is 215. The quantitative estimate of drug-likeness (QED) is 0.806. The molecule has 0 bridgehead atoms. The molecule has 1 N–H and O–H groups in total. The van der Waals surface area contributed by atoms with Gasteiger partial charge in [0, 0.05) is 12.1 Å². The zero-order chi connectivity index (χ0) is 12.8. The molecular formula is C16H32N2. The van der Waals surface area contributed by atoms with Crippen LogP contribution in [0.5, 0.6) is 0 Å². The predicted octanol–water partition coefficient (Wildman–Crippen LogP) is 3.42. The second kappa shape index (κ2) is 7.49. The van der Waals surface area contributed by atoms with E-state index in [2.05, 4.69) is 24.1 Å². The molecule has 2 nitrogen and oxygen atoms in total. The predicted molar refractivity (Wildman–Crippen MR) is 78.9 cm³/mol. The number of hydrogen-bond acceptors (Lipinski definition) is 2. The maximum Gasteiger partial charge on any atom is 0.0122 e. The monoisotopic (exact) mass is 252 g/mol. The summed E-state index contributed by atoms with van der Waals surface area (Å²) in [6.07, 6.45) is 11.3. The van der Waals surface area contributed by atoms with Crippen molar-refractivity contribution in [2.24, 2.45) is 5.92 Å². The van der Waals surface area contributed by atoms with E-state index in [1.165, 1.54) is 71.0 Å². The van der Waals surface area contributed by atoms with Crippen LogP contribution in [0.1, 0.15) is 65.2 Å². The molecule has 2 fully saturated rings. The molecule has 1 aliphatic carbocycles. The van der Waals surface area contributed by atoms with Crippen LogP contribution in [0, 0.1) is 5.92 Å². The molecule has 1 saturated heterocycles. The Morgan fingerprint density at radius 3 is 2.06 bits per heavy atom. The SMILES string of the molecule is CCCN(C1CCNCC1)C1CCC(CC)CC1. The van der Waals surface area contributed by atoms with Crippen molar-refractivity contribution in [3.8, 4) is 0 Å². The van der Waals surface area contributed by atoms with E-state index >= 15 is 0 Å². The van der Waals surface area contributed by atoms with Gasteiger partial charge in [-0.1, -0.05) is 20.3 Å². The Labute approximate surface area is 114 Å². The normalized spacial score (nSPS) is 30.8. The summed E-state index contributed by atoms with van der Waals surface area (Å²) in [6.45, 7) is 8.49. The first kappa shape index (κ1) is 14.3. The minimum absolute atomic E-state index is 0.870. The maximum absolute atomic E-state index is 3.50. The van der Waals surface area contributed by atoms with Gasteiger partial charge in [0.2, 0.25) is 0 Å². The Hall–Kier alpha value is -0.0800. The first-order valence-corrected chi connectivity index (χ1v) is 8.31. The second-order valence-corrected chi connectivity index (χ2v) is 6.30. The summed E-state index contributed by atoms with van der Waals surface area (Å²) in [5.74, 6) is 1.03. The zero-order valence-electron chi connectivity index (χ0n) is 12.5. The van der Waals surface area contributed by atoms with Crippen LogP contribution in [-0.4, -0.2) is 36.6 Å². The van der Waals surface area contributed by atoms with Gasteiger partial charge < -0.3 is 5.32 Å². The molecule has 0 atom stereocenters. The lowest BCUT2D eigenvalue weighted by Crippen LogP contribution is -2.49. The number of rotatable bonds is 5. The molecular weight excluding hydrogens is 220 g/mol. The van der Waals surface area contributed by atoms with Gasteiger partial charge in [0.1, 0.15) is 0 Å². The van der Waals surface area contributed by atoms with Gasteiger partial charge in [0.15, 0.2) is 0 Å². The molecule has 0 aromatic carbocycles. The lowest BCUT2D eigenvalue weighted by atomic mass is 9.83. The summed E-state index contributed by atoms with van der Waals surface area (Å²) >= 11 is 0. The molecule has 0 aromatic heterocycles. The molecule has 0 aromatic rings. The first-order chi connectivity index (χ1) is 8.85. The van der Waals surface area contributed by atoms with Crippen molar-refractivity contribution in [2.75, 3.05) is 19.6 Å². The number of nitrogens with one attached hydrogen (secondary N) is 1. The van der Waals surface area contributed by atoms with Crippen LogP contribution >= 0.6 is 0 Å². The summed E-state index contributed by atoms with van der Waals surface area (Å²) in [6, 6.07) is 1.77. The average Bonchev–Trinajstić information content (AvgIpc) is 2.46. The molecule has 18 heavy (non-hydrogen) atoms. The Morgan fingerprint density at radius 1 is 0.889 bits per heavy atom. The van der Waals surface area contributed by atoms with Crippen LogP contribution in [0.4, 0.5) is 0 Å². The molecule has 106 valence electrons. The van der Waals surface area contributed by atoms with E-state index in [1.54, 1.807) is 0 Å². The van der Waals surface area contributed by atoms with Gasteiger partial charge in [0.25, 0.3) is 0 Å². The highest BCUT2D eigenvalue weighted by atomic mass is 15.2. The van der Waals surface area contributed by atoms with Gasteiger partial charge in [-0.25, -0.2) is 0 Å². The summed E-state index contributed by atoms with van der Waals surface area (Å²) in [4.78, 5) is 2.88. The Morgan fingerprint density at radius 2 is 1.50 bits per heavy atom. The summed E-state index contributed by atoms with van der Waals surface area (Å²) in [5.41, 5.74) is 0. The van der Waals surface area contributed by atoms with Crippen molar-refractivity contribution >= 4 is 0 Å². The highest BCUT2D eigenvalue weighted by Gasteiger charge is 2.29. The van der Waals surface area contributed by atoms with E-state index in [-0.39, 0.29) is 0 Å². The van der Waals surface area contributed by atoms with E-state index in [1.807, 2.05) is 0 Å². The third-order valence-electron chi connectivity index (χ3n) is 5.12. The molecule has 1 heterocycles. The average molecular weight is 252 g/mol. The maximum atomic E-state index is 3.50.